The van der Waals surface area contributed by atoms with Crippen LogP contribution in [0.5, 0.6) is 0 Å². The molecule has 18 heavy (non-hydrogen) atoms. The Kier molecular flexibility index (Phi) is 7.87. The molecule has 1 saturated heterocycles. The lowest BCUT2D eigenvalue weighted by Crippen LogP contribution is -2.47. The van der Waals surface area contributed by atoms with Gasteiger partial charge in [0.25, 0.3) is 0 Å². The van der Waals surface area contributed by atoms with Crippen LogP contribution >= 0.6 is 0 Å². The van der Waals surface area contributed by atoms with Crippen molar-refractivity contribution in [3.8, 4) is 0 Å². The molecule has 0 bridgehead atoms. The summed E-state index contributed by atoms with van der Waals surface area (Å²) in [6.07, 6.45) is 4.41. The SMILES string of the molecule is CCCCCN1CCO[C@H](CN(C)CC(C)C)C1. The van der Waals surface area contributed by atoms with E-state index in [2.05, 4.69) is 37.6 Å². The van der Waals surface area contributed by atoms with E-state index >= 15 is 0 Å². The Morgan fingerprint density at radius 3 is 2.78 bits per heavy atom. The molecular weight excluding hydrogens is 224 g/mol. The molecule has 3 nitrogen and oxygen atoms in total. The number of nitrogens with zero attached hydrogens (tertiary/aromatic N) is 2. The molecule has 1 rings (SSSR count). The number of rotatable bonds is 8. The zero-order valence-electron chi connectivity index (χ0n) is 12.8. The number of morpholine rings is 1. The zero-order chi connectivity index (χ0) is 13.4. The highest BCUT2D eigenvalue weighted by Gasteiger charge is 2.21. The van der Waals surface area contributed by atoms with Crippen molar-refractivity contribution in [2.24, 2.45) is 5.92 Å². The summed E-state index contributed by atoms with van der Waals surface area (Å²) in [5, 5.41) is 0. The molecule has 0 aromatic carbocycles. The van der Waals surface area contributed by atoms with Crippen LogP contribution in [-0.2, 0) is 4.74 Å². The molecule has 1 fully saturated rings. The highest BCUT2D eigenvalue weighted by molar-refractivity contribution is 4.74. The van der Waals surface area contributed by atoms with Gasteiger partial charge in [-0.3, -0.25) is 4.90 Å². The summed E-state index contributed by atoms with van der Waals surface area (Å²) in [6, 6.07) is 0. The van der Waals surface area contributed by atoms with Gasteiger partial charge in [-0.2, -0.15) is 0 Å². The van der Waals surface area contributed by atoms with Crippen molar-refractivity contribution >= 4 is 0 Å². The average Bonchev–Trinajstić information content (AvgIpc) is 2.28. The topological polar surface area (TPSA) is 15.7 Å². The molecular formula is C15H32N2O. The number of hydrogen-bond acceptors (Lipinski definition) is 3. The molecule has 1 aliphatic heterocycles. The third-order valence-corrected chi connectivity index (χ3v) is 3.49. The van der Waals surface area contributed by atoms with Crippen molar-refractivity contribution in [1.82, 2.24) is 9.80 Å². The molecule has 0 spiro atoms. The van der Waals surface area contributed by atoms with Crippen LogP contribution in [0.2, 0.25) is 0 Å². The fourth-order valence-corrected chi connectivity index (χ4v) is 2.72. The van der Waals surface area contributed by atoms with Gasteiger partial charge in [0.05, 0.1) is 12.7 Å². The van der Waals surface area contributed by atoms with Crippen LogP contribution in [0.1, 0.15) is 40.0 Å². The van der Waals surface area contributed by atoms with E-state index in [1.165, 1.54) is 25.8 Å². The monoisotopic (exact) mass is 256 g/mol. The highest BCUT2D eigenvalue weighted by atomic mass is 16.5. The zero-order valence-corrected chi connectivity index (χ0v) is 12.8. The molecule has 108 valence electrons. The third-order valence-electron chi connectivity index (χ3n) is 3.49. The van der Waals surface area contributed by atoms with Gasteiger partial charge < -0.3 is 9.64 Å². The van der Waals surface area contributed by atoms with E-state index in [0.717, 1.165) is 38.7 Å². The average molecular weight is 256 g/mol. The smallest absolute Gasteiger partial charge is 0.0829 e. The normalized spacial score (nSPS) is 22.0. The Balaban J connectivity index is 2.21. The molecule has 1 aliphatic rings. The van der Waals surface area contributed by atoms with Gasteiger partial charge >= 0.3 is 0 Å². The first-order valence-electron chi connectivity index (χ1n) is 7.64. The number of ether oxygens (including phenoxy) is 1. The van der Waals surface area contributed by atoms with Gasteiger partial charge in [-0.05, 0) is 25.9 Å². The molecule has 1 heterocycles. The minimum atomic E-state index is 0.407. The van der Waals surface area contributed by atoms with E-state index in [1.807, 2.05) is 0 Å². The summed E-state index contributed by atoms with van der Waals surface area (Å²) in [4.78, 5) is 4.98. The molecule has 0 radical (unpaired) electrons. The van der Waals surface area contributed by atoms with Crippen LogP contribution in [0.25, 0.3) is 0 Å². The first-order chi connectivity index (χ1) is 8.61. The Morgan fingerprint density at radius 2 is 2.11 bits per heavy atom. The van der Waals surface area contributed by atoms with Crippen molar-refractivity contribution < 1.29 is 4.74 Å². The number of likely N-dealkylation sites (N-methyl/N-ethyl adjacent to an activating group) is 1. The standard InChI is InChI=1S/C15H32N2O/c1-5-6-7-8-17-9-10-18-15(13-17)12-16(4)11-14(2)3/h14-15H,5-13H2,1-4H3/t15-/m1/s1. The Labute approximate surface area is 113 Å². The van der Waals surface area contributed by atoms with E-state index in [-0.39, 0.29) is 0 Å². The molecule has 0 unspecified atom stereocenters. The lowest BCUT2D eigenvalue weighted by atomic mass is 10.2. The fraction of sp³-hybridized carbons (Fsp3) is 1.00. The fourth-order valence-electron chi connectivity index (χ4n) is 2.72. The van der Waals surface area contributed by atoms with E-state index < -0.39 is 0 Å². The van der Waals surface area contributed by atoms with Crippen molar-refractivity contribution in [2.75, 3.05) is 46.4 Å². The molecule has 0 amide bonds. The molecule has 0 aromatic rings. The predicted octanol–water partition coefficient (Wildman–Crippen LogP) is 2.47. The molecule has 3 heteroatoms. The van der Waals surface area contributed by atoms with Crippen LogP contribution in [0, 0.1) is 5.92 Å². The second-order valence-corrected chi connectivity index (χ2v) is 6.12. The van der Waals surface area contributed by atoms with Gasteiger partial charge in [-0.1, -0.05) is 33.6 Å². The minimum absolute atomic E-state index is 0.407. The molecule has 0 N–H and O–H groups in total. The predicted molar refractivity (Wildman–Crippen MR) is 78.0 cm³/mol. The van der Waals surface area contributed by atoms with Gasteiger partial charge in [0.1, 0.15) is 0 Å². The molecule has 0 aliphatic carbocycles. The first kappa shape index (κ1) is 15.9. The van der Waals surface area contributed by atoms with Crippen LogP contribution in [0.15, 0.2) is 0 Å². The van der Waals surface area contributed by atoms with Gasteiger partial charge in [0.2, 0.25) is 0 Å². The summed E-state index contributed by atoms with van der Waals surface area (Å²) in [5.74, 6) is 0.735. The Morgan fingerprint density at radius 1 is 1.33 bits per heavy atom. The molecule has 0 aromatic heterocycles. The van der Waals surface area contributed by atoms with Gasteiger partial charge in [-0.25, -0.2) is 0 Å². The third kappa shape index (κ3) is 6.72. The Bertz CT molecular complexity index is 209. The lowest BCUT2D eigenvalue weighted by Gasteiger charge is -2.35. The van der Waals surface area contributed by atoms with E-state index in [9.17, 15) is 0 Å². The highest BCUT2D eigenvalue weighted by Crippen LogP contribution is 2.09. The van der Waals surface area contributed by atoms with Crippen LogP contribution in [0.4, 0.5) is 0 Å². The lowest BCUT2D eigenvalue weighted by molar-refractivity contribution is -0.0416. The maximum Gasteiger partial charge on any atom is 0.0829 e. The van der Waals surface area contributed by atoms with Crippen LogP contribution in [0.3, 0.4) is 0 Å². The van der Waals surface area contributed by atoms with Crippen molar-refractivity contribution in [3.05, 3.63) is 0 Å². The number of unbranched alkanes of at least 4 members (excludes halogenated alkanes) is 2. The molecule has 0 saturated carbocycles. The maximum atomic E-state index is 5.88. The Hall–Kier alpha value is -0.120. The maximum absolute atomic E-state index is 5.88. The van der Waals surface area contributed by atoms with Gasteiger partial charge in [0, 0.05) is 26.2 Å². The van der Waals surface area contributed by atoms with Crippen molar-refractivity contribution in [2.45, 2.75) is 46.1 Å². The van der Waals surface area contributed by atoms with Crippen LogP contribution in [-0.4, -0.2) is 62.3 Å². The minimum Gasteiger partial charge on any atom is -0.374 e. The van der Waals surface area contributed by atoms with E-state index in [1.54, 1.807) is 0 Å². The summed E-state index contributed by atoms with van der Waals surface area (Å²) < 4.78 is 5.88. The summed E-state index contributed by atoms with van der Waals surface area (Å²) >= 11 is 0. The van der Waals surface area contributed by atoms with Crippen molar-refractivity contribution in [1.29, 1.82) is 0 Å². The van der Waals surface area contributed by atoms with E-state index in [4.69, 9.17) is 4.74 Å². The van der Waals surface area contributed by atoms with Crippen LogP contribution < -0.4 is 0 Å². The largest absolute Gasteiger partial charge is 0.374 e. The second kappa shape index (κ2) is 8.89. The van der Waals surface area contributed by atoms with Gasteiger partial charge in [0.15, 0.2) is 0 Å². The summed E-state index contributed by atoms with van der Waals surface area (Å²) in [6.45, 7) is 13.4. The first-order valence-corrected chi connectivity index (χ1v) is 7.64. The van der Waals surface area contributed by atoms with E-state index in [0.29, 0.717) is 6.10 Å². The number of hydrogen-bond donors (Lipinski definition) is 0. The molecule has 1 atom stereocenters. The van der Waals surface area contributed by atoms with Crippen molar-refractivity contribution in [3.63, 3.8) is 0 Å². The summed E-state index contributed by atoms with van der Waals surface area (Å²) in [7, 11) is 2.21. The van der Waals surface area contributed by atoms with Gasteiger partial charge in [-0.15, -0.1) is 0 Å². The quantitative estimate of drug-likeness (QED) is 0.621. The second-order valence-electron chi connectivity index (χ2n) is 6.12. The summed E-state index contributed by atoms with van der Waals surface area (Å²) in [5.41, 5.74) is 0.